The molecule has 0 bridgehead atoms. The number of halogens is 2. The smallest absolute Gasteiger partial charge is 0.245 e. The number of hydrogen-bond donors (Lipinski definition) is 0. The second-order valence-corrected chi connectivity index (χ2v) is 2.03. The minimum absolute atomic E-state index is 0.0208. The van der Waals surface area contributed by atoms with Crippen LogP contribution in [0.1, 0.15) is 5.76 Å². The van der Waals surface area contributed by atoms with Crippen LogP contribution in [0.5, 0.6) is 0 Å². The Balaban J connectivity index is 2.80. The highest BCUT2D eigenvalue weighted by Crippen LogP contribution is 2.03. The lowest BCUT2D eigenvalue weighted by Gasteiger charge is -1.95. The van der Waals surface area contributed by atoms with E-state index in [9.17, 15) is 13.6 Å². The van der Waals surface area contributed by atoms with Crippen molar-refractivity contribution in [1.82, 2.24) is 0 Å². The van der Waals surface area contributed by atoms with Gasteiger partial charge in [-0.15, -0.1) is 0 Å². The highest BCUT2D eigenvalue weighted by atomic mass is 19.3. The third kappa shape index (κ3) is 2.49. The molecule has 4 heteroatoms. The Labute approximate surface area is 61.5 Å². The largest absolute Gasteiger partial charge is 0.469 e. The molecule has 1 heterocycles. The predicted molar refractivity (Wildman–Crippen MR) is 34.7 cm³/mol. The molecule has 0 aliphatic carbocycles. The van der Waals surface area contributed by atoms with Crippen LogP contribution >= 0.6 is 0 Å². The van der Waals surface area contributed by atoms with Gasteiger partial charge in [0.15, 0.2) is 5.43 Å². The zero-order chi connectivity index (χ0) is 8.27. The minimum atomic E-state index is -2.47. The van der Waals surface area contributed by atoms with Crippen LogP contribution in [0.25, 0.3) is 0 Å². The van der Waals surface area contributed by atoms with Crippen molar-refractivity contribution in [2.24, 2.45) is 0 Å². The van der Waals surface area contributed by atoms with Crippen molar-refractivity contribution < 1.29 is 13.2 Å². The summed E-state index contributed by atoms with van der Waals surface area (Å²) in [5.41, 5.74) is -0.313. The molecule has 0 unspecified atom stereocenters. The van der Waals surface area contributed by atoms with Gasteiger partial charge in [0.1, 0.15) is 5.76 Å². The Hall–Kier alpha value is -1.19. The Kier molecular flexibility index (Phi) is 2.36. The van der Waals surface area contributed by atoms with Crippen molar-refractivity contribution >= 4 is 0 Å². The van der Waals surface area contributed by atoms with Gasteiger partial charge in [-0.2, -0.15) is 0 Å². The second kappa shape index (κ2) is 3.27. The van der Waals surface area contributed by atoms with Crippen molar-refractivity contribution in [3.8, 4) is 0 Å². The molecular weight excluding hydrogens is 154 g/mol. The lowest BCUT2D eigenvalue weighted by Crippen LogP contribution is -2.02. The Morgan fingerprint density at radius 2 is 2.27 bits per heavy atom. The summed E-state index contributed by atoms with van der Waals surface area (Å²) in [7, 11) is 0. The van der Waals surface area contributed by atoms with Crippen LogP contribution < -0.4 is 5.43 Å². The third-order valence-corrected chi connectivity index (χ3v) is 1.11. The average molecular weight is 160 g/mol. The van der Waals surface area contributed by atoms with E-state index in [0.29, 0.717) is 0 Å². The quantitative estimate of drug-likeness (QED) is 0.655. The summed E-state index contributed by atoms with van der Waals surface area (Å²) in [4.78, 5) is 10.6. The van der Waals surface area contributed by atoms with Gasteiger partial charge in [0.2, 0.25) is 6.43 Å². The van der Waals surface area contributed by atoms with E-state index in [-0.39, 0.29) is 11.2 Å². The van der Waals surface area contributed by atoms with E-state index in [1.54, 1.807) is 0 Å². The zero-order valence-corrected chi connectivity index (χ0v) is 5.59. The van der Waals surface area contributed by atoms with E-state index in [0.717, 1.165) is 12.3 Å². The molecule has 0 spiro atoms. The highest BCUT2D eigenvalue weighted by molar-refractivity contribution is 5.00. The SMILES string of the molecule is O=c1ccoc(CC(F)F)c1. The van der Waals surface area contributed by atoms with Gasteiger partial charge >= 0.3 is 0 Å². The monoisotopic (exact) mass is 160 g/mol. The fourth-order valence-electron chi connectivity index (χ4n) is 0.688. The number of hydrogen-bond acceptors (Lipinski definition) is 2. The van der Waals surface area contributed by atoms with Gasteiger partial charge in [-0.25, -0.2) is 8.78 Å². The summed E-state index contributed by atoms with van der Waals surface area (Å²) < 4.78 is 28.0. The Bertz CT molecular complexity index is 280. The van der Waals surface area contributed by atoms with Crippen LogP contribution in [0.4, 0.5) is 8.78 Å². The van der Waals surface area contributed by atoms with E-state index in [1.165, 1.54) is 6.07 Å². The topological polar surface area (TPSA) is 30.2 Å². The van der Waals surface area contributed by atoms with Crippen LogP contribution in [0, 0.1) is 0 Å². The summed E-state index contributed by atoms with van der Waals surface area (Å²) in [6, 6.07) is 2.24. The predicted octanol–water partition coefficient (Wildman–Crippen LogP) is 1.45. The maximum absolute atomic E-state index is 11.7. The van der Waals surface area contributed by atoms with E-state index < -0.39 is 12.8 Å². The van der Waals surface area contributed by atoms with Gasteiger partial charge in [-0.05, 0) is 0 Å². The van der Waals surface area contributed by atoms with Crippen molar-refractivity contribution in [2.45, 2.75) is 12.8 Å². The van der Waals surface area contributed by atoms with Crippen molar-refractivity contribution in [2.75, 3.05) is 0 Å². The molecule has 1 rings (SSSR count). The van der Waals surface area contributed by atoms with E-state index >= 15 is 0 Å². The van der Waals surface area contributed by atoms with Crippen molar-refractivity contribution in [3.05, 3.63) is 34.4 Å². The van der Waals surface area contributed by atoms with Crippen LogP contribution in [-0.2, 0) is 6.42 Å². The molecule has 2 nitrogen and oxygen atoms in total. The Morgan fingerprint density at radius 1 is 1.55 bits per heavy atom. The van der Waals surface area contributed by atoms with Crippen LogP contribution in [0.2, 0.25) is 0 Å². The molecule has 0 saturated carbocycles. The molecule has 1 aromatic rings. The van der Waals surface area contributed by atoms with Gasteiger partial charge in [-0.3, -0.25) is 4.79 Å². The Morgan fingerprint density at radius 3 is 2.82 bits per heavy atom. The lowest BCUT2D eigenvalue weighted by molar-refractivity contribution is 0.140. The maximum Gasteiger partial charge on any atom is 0.245 e. The van der Waals surface area contributed by atoms with E-state index in [1.807, 2.05) is 0 Å². The molecule has 0 amide bonds. The summed E-state index contributed by atoms with van der Waals surface area (Å²) in [5, 5.41) is 0. The van der Waals surface area contributed by atoms with Crippen LogP contribution in [0.15, 0.2) is 27.6 Å². The second-order valence-electron chi connectivity index (χ2n) is 2.03. The normalized spacial score (nSPS) is 10.5. The first kappa shape index (κ1) is 7.91. The van der Waals surface area contributed by atoms with Gasteiger partial charge in [0.05, 0.1) is 12.7 Å². The number of alkyl halides is 2. The van der Waals surface area contributed by atoms with Gasteiger partial charge < -0.3 is 4.42 Å². The molecule has 0 N–H and O–H groups in total. The molecular formula is C7H6F2O2. The molecule has 0 atom stereocenters. The summed E-state index contributed by atoms with van der Waals surface area (Å²) >= 11 is 0. The molecule has 0 saturated heterocycles. The first-order chi connectivity index (χ1) is 5.18. The molecule has 0 aliphatic rings. The summed E-state index contributed by atoms with van der Waals surface area (Å²) in [6.45, 7) is 0. The van der Waals surface area contributed by atoms with Gasteiger partial charge in [0.25, 0.3) is 0 Å². The standard InChI is InChI=1S/C7H6F2O2/c8-7(9)4-6-3-5(10)1-2-11-6/h1-3,7H,4H2. The van der Waals surface area contributed by atoms with E-state index in [2.05, 4.69) is 4.42 Å². The van der Waals surface area contributed by atoms with Gasteiger partial charge in [-0.1, -0.05) is 0 Å². The summed E-state index contributed by atoms with van der Waals surface area (Å²) in [5.74, 6) is 0.0208. The van der Waals surface area contributed by atoms with Crippen molar-refractivity contribution in [3.63, 3.8) is 0 Å². The van der Waals surface area contributed by atoms with Crippen LogP contribution in [-0.4, -0.2) is 6.43 Å². The fourth-order valence-corrected chi connectivity index (χ4v) is 0.688. The van der Waals surface area contributed by atoms with Crippen LogP contribution in [0.3, 0.4) is 0 Å². The molecule has 60 valence electrons. The minimum Gasteiger partial charge on any atom is -0.469 e. The molecule has 0 fully saturated rings. The molecule has 0 aliphatic heterocycles. The first-order valence-corrected chi connectivity index (χ1v) is 3.04. The third-order valence-electron chi connectivity index (χ3n) is 1.11. The maximum atomic E-state index is 11.7. The molecule has 11 heavy (non-hydrogen) atoms. The van der Waals surface area contributed by atoms with Crippen molar-refractivity contribution in [1.29, 1.82) is 0 Å². The fraction of sp³-hybridized carbons (Fsp3) is 0.286. The average Bonchev–Trinajstić information content (AvgIpc) is 1.85. The van der Waals surface area contributed by atoms with Gasteiger partial charge in [0, 0.05) is 12.1 Å². The highest BCUT2D eigenvalue weighted by Gasteiger charge is 2.05. The number of rotatable bonds is 2. The van der Waals surface area contributed by atoms with E-state index in [4.69, 9.17) is 0 Å². The lowest BCUT2D eigenvalue weighted by atomic mass is 10.3. The molecule has 0 aromatic carbocycles. The zero-order valence-electron chi connectivity index (χ0n) is 5.59. The summed E-state index contributed by atoms with van der Waals surface area (Å²) in [6.07, 6.45) is -1.86. The first-order valence-electron chi connectivity index (χ1n) is 3.04. The molecule has 1 aromatic heterocycles. The molecule has 0 radical (unpaired) electrons.